The maximum absolute atomic E-state index is 7.36. The molecule has 0 heterocycles. The zero-order valence-corrected chi connectivity index (χ0v) is 11.4. The van der Waals surface area contributed by atoms with Gasteiger partial charge in [0.1, 0.15) is 18.2 Å². The van der Waals surface area contributed by atoms with Gasteiger partial charge in [-0.1, -0.05) is 35.9 Å². The lowest BCUT2D eigenvalue weighted by atomic mass is 10.1. The summed E-state index contributed by atoms with van der Waals surface area (Å²) in [5, 5.41) is 7.79. The van der Waals surface area contributed by atoms with Crippen molar-refractivity contribution in [1.29, 1.82) is 5.41 Å². The third kappa shape index (κ3) is 3.26. The molecular weight excluding hydrogens is 260 g/mol. The second-order valence-electron chi connectivity index (χ2n) is 4.27. The van der Waals surface area contributed by atoms with Crippen LogP contribution < -0.4 is 10.5 Å². The molecule has 4 heteroatoms. The number of halogens is 1. The van der Waals surface area contributed by atoms with E-state index in [9.17, 15) is 0 Å². The largest absolute Gasteiger partial charge is 0.489 e. The van der Waals surface area contributed by atoms with Crippen LogP contribution in [0.25, 0.3) is 0 Å². The number of ether oxygens (including phenoxy) is 1. The first-order valence-electron chi connectivity index (χ1n) is 5.89. The Bertz CT molecular complexity index is 611. The van der Waals surface area contributed by atoms with Crippen LogP contribution in [0.15, 0.2) is 42.5 Å². The molecule has 0 aliphatic rings. The van der Waals surface area contributed by atoms with Gasteiger partial charge in [-0.25, -0.2) is 0 Å². The van der Waals surface area contributed by atoms with Crippen molar-refractivity contribution in [2.75, 3.05) is 0 Å². The topological polar surface area (TPSA) is 59.1 Å². The van der Waals surface area contributed by atoms with Crippen molar-refractivity contribution in [2.45, 2.75) is 13.5 Å². The van der Waals surface area contributed by atoms with E-state index in [1.54, 1.807) is 18.2 Å². The molecule has 3 N–H and O–H groups in total. The Kier molecular flexibility index (Phi) is 4.07. The number of amidine groups is 1. The second-order valence-corrected chi connectivity index (χ2v) is 4.68. The molecule has 0 saturated carbocycles. The number of nitrogens with two attached hydrogens (primary N) is 1. The molecule has 0 unspecified atom stereocenters. The monoisotopic (exact) mass is 274 g/mol. The fourth-order valence-corrected chi connectivity index (χ4v) is 2.01. The van der Waals surface area contributed by atoms with Crippen molar-refractivity contribution in [3.8, 4) is 5.75 Å². The highest BCUT2D eigenvalue weighted by molar-refractivity contribution is 6.34. The molecule has 19 heavy (non-hydrogen) atoms. The molecule has 2 aromatic carbocycles. The van der Waals surface area contributed by atoms with Crippen molar-refractivity contribution < 1.29 is 4.74 Å². The normalized spacial score (nSPS) is 10.2. The van der Waals surface area contributed by atoms with Gasteiger partial charge in [0.05, 0.1) is 5.02 Å². The van der Waals surface area contributed by atoms with E-state index in [1.807, 2.05) is 31.2 Å². The van der Waals surface area contributed by atoms with E-state index in [-0.39, 0.29) is 5.84 Å². The van der Waals surface area contributed by atoms with E-state index < -0.39 is 0 Å². The second kappa shape index (κ2) is 5.76. The number of hydrogen-bond donors (Lipinski definition) is 2. The molecule has 2 rings (SSSR count). The van der Waals surface area contributed by atoms with Gasteiger partial charge >= 0.3 is 0 Å². The summed E-state index contributed by atoms with van der Waals surface area (Å²) in [7, 11) is 0. The summed E-state index contributed by atoms with van der Waals surface area (Å²) < 4.78 is 5.69. The van der Waals surface area contributed by atoms with Crippen LogP contribution in [0.2, 0.25) is 5.02 Å². The summed E-state index contributed by atoms with van der Waals surface area (Å²) in [6.07, 6.45) is 0. The van der Waals surface area contributed by atoms with Crippen LogP contribution in [0, 0.1) is 12.3 Å². The summed E-state index contributed by atoms with van der Waals surface area (Å²) in [6.45, 7) is 2.53. The third-order valence-electron chi connectivity index (χ3n) is 2.89. The highest BCUT2D eigenvalue weighted by atomic mass is 35.5. The maximum atomic E-state index is 7.36. The van der Waals surface area contributed by atoms with E-state index in [1.165, 1.54) is 5.56 Å². The van der Waals surface area contributed by atoms with Gasteiger partial charge < -0.3 is 10.5 Å². The smallest absolute Gasteiger partial charge is 0.124 e. The molecule has 0 radical (unpaired) electrons. The SMILES string of the molecule is Cc1ccccc1COc1ccc(C(=N)N)c(Cl)c1. The van der Waals surface area contributed by atoms with E-state index in [0.717, 1.165) is 5.56 Å². The first-order valence-corrected chi connectivity index (χ1v) is 6.27. The molecule has 0 aromatic heterocycles. The zero-order chi connectivity index (χ0) is 13.8. The maximum Gasteiger partial charge on any atom is 0.124 e. The standard InChI is InChI=1S/C15H15ClN2O/c1-10-4-2-3-5-11(10)9-19-12-6-7-13(15(17)18)14(16)8-12/h2-8H,9H2,1H3,(H3,17,18). The lowest BCUT2D eigenvalue weighted by Gasteiger charge is -2.10. The summed E-state index contributed by atoms with van der Waals surface area (Å²) in [5.74, 6) is 0.619. The van der Waals surface area contributed by atoms with Crippen molar-refractivity contribution in [3.05, 3.63) is 64.2 Å². The van der Waals surface area contributed by atoms with Crippen molar-refractivity contribution in [3.63, 3.8) is 0 Å². The number of nitrogens with one attached hydrogen (secondary N) is 1. The predicted octanol–water partition coefficient (Wildman–Crippen LogP) is 3.51. The molecule has 0 fully saturated rings. The molecule has 0 amide bonds. The fraction of sp³-hybridized carbons (Fsp3) is 0.133. The average Bonchev–Trinajstić information content (AvgIpc) is 2.37. The minimum Gasteiger partial charge on any atom is -0.489 e. The molecular formula is C15H15ClN2O. The van der Waals surface area contributed by atoms with Gasteiger partial charge in [-0.2, -0.15) is 0 Å². The summed E-state index contributed by atoms with van der Waals surface area (Å²) in [5.41, 5.74) is 8.25. The molecule has 0 aliphatic heterocycles. The van der Waals surface area contributed by atoms with Crippen LogP contribution in [0.3, 0.4) is 0 Å². The van der Waals surface area contributed by atoms with Crippen molar-refractivity contribution >= 4 is 17.4 Å². The number of nitrogen functional groups attached to an aromatic ring is 1. The zero-order valence-electron chi connectivity index (χ0n) is 10.6. The van der Waals surface area contributed by atoms with Gasteiger partial charge in [-0.05, 0) is 36.2 Å². The van der Waals surface area contributed by atoms with Gasteiger partial charge in [0.2, 0.25) is 0 Å². The Morgan fingerprint density at radius 1 is 1.26 bits per heavy atom. The van der Waals surface area contributed by atoms with E-state index in [4.69, 9.17) is 27.5 Å². The first-order chi connectivity index (χ1) is 9.08. The number of aryl methyl sites for hydroxylation is 1. The summed E-state index contributed by atoms with van der Waals surface area (Å²) in [6, 6.07) is 13.2. The third-order valence-corrected chi connectivity index (χ3v) is 3.20. The van der Waals surface area contributed by atoms with Crippen LogP contribution in [-0.4, -0.2) is 5.84 Å². The summed E-state index contributed by atoms with van der Waals surface area (Å²) >= 11 is 6.04. The van der Waals surface area contributed by atoms with Gasteiger partial charge in [0, 0.05) is 5.56 Å². The summed E-state index contributed by atoms with van der Waals surface area (Å²) in [4.78, 5) is 0. The Labute approximate surface area is 117 Å². The van der Waals surface area contributed by atoms with Crippen LogP contribution in [-0.2, 0) is 6.61 Å². The average molecular weight is 275 g/mol. The molecule has 0 bridgehead atoms. The van der Waals surface area contributed by atoms with E-state index in [2.05, 4.69) is 0 Å². The van der Waals surface area contributed by atoms with Gasteiger partial charge in [0.15, 0.2) is 0 Å². The van der Waals surface area contributed by atoms with Gasteiger partial charge in [-0.15, -0.1) is 0 Å². The van der Waals surface area contributed by atoms with Crippen LogP contribution in [0.4, 0.5) is 0 Å². The Balaban J connectivity index is 2.11. The number of hydrogen-bond acceptors (Lipinski definition) is 2. The number of benzene rings is 2. The lowest BCUT2D eigenvalue weighted by Crippen LogP contribution is -2.11. The molecule has 0 atom stereocenters. The minimum atomic E-state index is -0.0459. The molecule has 0 spiro atoms. The Morgan fingerprint density at radius 3 is 2.63 bits per heavy atom. The molecule has 0 aliphatic carbocycles. The quantitative estimate of drug-likeness (QED) is 0.662. The van der Waals surface area contributed by atoms with Crippen molar-refractivity contribution in [2.24, 2.45) is 5.73 Å². The van der Waals surface area contributed by atoms with Crippen LogP contribution >= 0.6 is 11.6 Å². The molecule has 2 aromatic rings. The van der Waals surface area contributed by atoms with Crippen LogP contribution in [0.1, 0.15) is 16.7 Å². The fourth-order valence-electron chi connectivity index (χ4n) is 1.74. The molecule has 3 nitrogen and oxygen atoms in total. The molecule has 0 saturated heterocycles. The Hall–Kier alpha value is -2.00. The first kappa shape index (κ1) is 13.4. The highest BCUT2D eigenvalue weighted by Gasteiger charge is 2.05. The Morgan fingerprint density at radius 2 is 2.00 bits per heavy atom. The lowest BCUT2D eigenvalue weighted by molar-refractivity contribution is 0.305. The van der Waals surface area contributed by atoms with Crippen LogP contribution in [0.5, 0.6) is 5.75 Å². The minimum absolute atomic E-state index is 0.0459. The van der Waals surface area contributed by atoms with E-state index in [0.29, 0.717) is 22.9 Å². The highest BCUT2D eigenvalue weighted by Crippen LogP contribution is 2.23. The van der Waals surface area contributed by atoms with Gasteiger partial charge in [-0.3, -0.25) is 5.41 Å². The predicted molar refractivity (Wildman–Crippen MR) is 78.0 cm³/mol. The molecule has 98 valence electrons. The van der Waals surface area contributed by atoms with E-state index >= 15 is 0 Å². The van der Waals surface area contributed by atoms with Crippen molar-refractivity contribution in [1.82, 2.24) is 0 Å². The number of rotatable bonds is 4. The van der Waals surface area contributed by atoms with Gasteiger partial charge in [0.25, 0.3) is 0 Å².